The van der Waals surface area contributed by atoms with Crippen molar-refractivity contribution in [2.75, 3.05) is 26.5 Å². The third-order valence-electron chi connectivity index (χ3n) is 4.64. The van der Waals surface area contributed by atoms with Crippen molar-refractivity contribution in [2.45, 2.75) is 18.8 Å². The van der Waals surface area contributed by atoms with Gasteiger partial charge in [0.25, 0.3) is 0 Å². The smallest absolute Gasteiger partial charge is 0.234 e. The zero-order chi connectivity index (χ0) is 18.3. The molecule has 1 aromatic carbocycles. The molecule has 1 aliphatic rings. The van der Waals surface area contributed by atoms with Crippen molar-refractivity contribution >= 4 is 26.3 Å². The summed E-state index contributed by atoms with van der Waals surface area (Å²) in [6, 6.07) is 7.74. The molecule has 138 valence electrons. The third-order valence-corrected chi connectivity index (χ3v) is 6.89. The minimum absolute atomic E-state index is 0.161. The van der Waals surface area contributed by atoms with Gasteiger partial charge in [-0.25, -0.2) is 12.7 Å². The summed E-state index contributed by atoms with van der Waals surface area (Å²) in [5, 5.41) is 14.1. The summed E-state index contributed by atoms with van der Waals surface area (Å²) in [4.78, 5) is 0.747. The van der Waals surface area contributed by atoms with Crippen LogP contribution in [0, 0.1) is 0 Å². The lowest BCUT2D eigenvalue weighted by atomic mass is 9.97. The van der Waals surface area contributed by atoms with E-state index in [0.29, 0.717) is 13.1 Å². The van der Waals surface area contributed by atoms with E-state index in [1.807, 2.05) is 24.3 Å². The number of hydrogen-bond donors (Lipinski definition) is 0. The maximum atomic E-state index is 11.7. The second-order valence-electron chi connectivity index (χ2n) is 6.32. The van der Waals surface area contributed by atoms with Crippen LogP contribution in [0.15, 0.2) is 24.3 Å². The number of methoxy groups -OCH3 is 1. The number of nitrogens with zero attached hydrogens (tertiary/aromatic N) is 5. The highest BCUT2D eigenvalue weighted by atomic mass is 32.2. The van der Waals surface area contributed by atoms with Gasteiger partial charge in [-0.1, -0.05) is 11.3 Å². The Morgan fingerprint density at radius 1 is 1.15 bits per heavy atom. The molecule has 0 bridgehead atoms. The van der Waals surface area contributed by atoms with Crippen LogP contribution in [0.3, 0.4) is 0 Å². The van der Waals surface area contributed by atoms with Crippen molar-refractivity contribution in [3.8, 4) is 16.3 Å². The molecule has 3 aromatic rings. The number of sulfonamides is 1. The molecule has 0 atom stereocenters. The van der Waals surface area contributed by atoms with Gasteiger partial charge < -0.3 is 4.74 Å². The minimum Gasteiger partial charge on any atom is -0.497 e. The molecule has 8 nitrogen and oxygen atoms in total. The van der Waals surface area contributed by atoms with E-state index in [4.69, 9.17) is 4.74 Å². The Bertz CT molecular complexity index is 1020. The largest absolute Gasteiger partial charge is 0.497 e. The van der Waals surface area contributed by atoms with Crippen LogP contribution in [0.4, 0.5) is 0 Å². The van der Waals surface area contributed by atoms with Crippen molar-refractivity contribution < 1.29 is 13.2 Å². The Hall–Kier alpha value is -2.04. The van der Waals surface area contributed by atoms with E-state index < -0.39 is 10.0 Å². The molecule has 0 radical (unpaired) electrons. The topological polar surface area (TPSA) is 89.7 Å². The molecule has 1 fully saturated rings. The summed E-state index contributed by atoms with van der Waals surface area (Å²) >= 11 is 1.48. The van der Waals surface area contributed by atoms with Gasteiger partial charge in [-0.2, -0.15) is 9.61 Å². The summed E-state index contributed by atoms with van der Waals surface area (Å²) in [6.07, 6.45) is 2.71. The first-order valence-electron chi connectivity index (χ1n) is 8.27. The highest BCUT2D eigenvalue weighted by Crippen LogP contribution is 2.31. The average Bonchev–Trinajstić information content (AvgIpc) is 3.22. The zero-order valence-electron chi connectivity index (χ0n) is 14.5. The Morgan fingerprint density at radius 2 is 1.85 bits per heavy atom. The second kappa shape index (κ2) is 6.60. The molecule has 0 unspecified atom stereocenters. The maximum Gasteiger partial charge on any atom is 0.234 e. The van der Waals surface area contributed by atoms with Gasteiger partial charge >= 0.3 is 0 Å². The van der Waals surface area contributed by atoms with Crippen LogP contribution in [0.1, 0.15) is 24.6 Å². The summed E-state index contributed by atoms with van der Waals surface area (Å²) in [6.45, 7) is 1.02. The van der Waals surface area contributed by atoms with Crippen LogP contribution in [0.25, 0.3) is 15.5 Å². The Morgan fingerprint density at radius 3 is 2.46 bits per heavy atom. The quantitative estimate of drug-likeness (QED) is 0.673. The van der Waals surface area contributed by atoms with E-state index in [2.05, 4.69) is 15.3 Å². The lowest BCUT2D eigenvalue weighted by molar-refractivity contribution is 0.313. The van der Waals surface area contributed by atoms with Crippen LogP contribution >= 0.6 is 11.3 Å². The number of ether oxygens (including phenoxy) is 1. The minimum atomic E-state index is -3.13. The molecule has 0 saturated carbocycles. The zero-order valence-corrected chi connectivity index (χ0v) is 16.1. The highest BCUT2D eigenvalue weighted by Gasteiger charge is 2.29. The van der Waals surface area contributed by atoms with E-state index in [0.717, 1.165) is 39.9 Å². The Balaban J connectivity index is 1.58. The average molecular weight is 393 g/mol. The molecular formula is C16H19N5O3S2. The summed E-state index contributed by atoms with van der Waals surface area (Å²) in [5.74, 6) is 1.77. The number of hydrogen-bond acceptors (Lipinski definition) is 7. The lowest BCUT2D eigenvalue weighted by Crippen LogP contribution is -2.37. The fraction of sp³-hybridized carbons (Fsp3) is 0.438. The molecule has 3 heterocycles. The standard InChI is InChI=1S/C16H19N5O3S2/c1-24-13-5-3-12(4-6-13)15-19-21-14(17-18-16(21)25-15)11-7-9-20(10-8-11)26(2,22)23/h3-6,11H,7-10H2,1-2H3. The first kappa shape index (κ1) is 17.4. The van der Waals surface area contributed by atoms with Gasteiger partial charge in [-0.15, -0.1) is 10.2 Å². The molecule has 0 aliphatic carbocycles. The maximum absolute atomic E-state index is 11.7. The van der Waals surface area contributed by atoms with Gasteiger partial charge in [-0.05, 0) is 37.1 Å². The number of benzene rings is 1. The SMILES string of the molecule is COc1ccc(-c2nn3c(C4CCN(S(C)(=O)=O)CC4)nnc3s2)cc1. The van der Waals surface area contributed by atoms with E-state index in [1.165, 1.54) is 21.9 Å². The van der Waals surface area contributed by atoms with Gasteiger partial charge in [0.05, 0.1) is 13.4 Å². The fourth-order valence-corrected chi connectivity index (χ4v) is 4.91. The second-order valence-corrected chi connectivity index (χ2v) is 9.26. The van der Waals surface area contributed by atoms with Crippen LogP contribution in [-0.2, 0) is 10.0 Å². The highest BCUT2D eigenvalue weighted by molar-refractivity contribution is 7.88. The summed E-state index contributed by atoms with van der Waals surface area (Å²) in [5.41, 5.74) is 0.999. The monoisotopic (exact) mass is 393 g/mol. The predicted octanol–water partition coefficient (Wildman–Crippen LogP) is 2.00. The molecule has 0 spiro atoms. The van der Waals surface area contributed by atoms with Gasteiger partial charge in [0.2, 0.25) is 15.0 Å². The van der Waals surface area contributed by atoms with Crippen LogP contribution in [0.5, 0.6) is 5.75 Å². The molecule has 0 amide bonds. The van der Waals surface area contributed by atoms with E-state index in [-0.39, 0.29) is 5.92 Å². The van der Waals surface area contributed by atoms with Crippen molar-refractivity contribution in [3.05, 3.63) is 30.1 Å². The molecular weight excluding hydrogens is 374 g/mol. The molecule has 10 heteroatoms. The van der Waals surface area contributed by atoms with Gasteiger partial charge in [0, 0.05) is 24.6 Å². The van der Waals surface area contributed by atoms with Crippen LogP contribution in [-0.4, -0.2) is 59.0 Å². The van der Waals surface area contributed by atoms with Crippen molar-refractivity contribution in [1.29, 1.82) is 0 Å². The Labute approximate surface area is 155 Å². The first-order chi connectivity index (χ1) is 12.5. The lowest BCUT2D eigenvalue weighted by Gasteiger charge is -2.28. The van der Waals surface area contributed by atoms with Crippen molar-refractivity contribution in [1.82, 2.24) is 24.1 Å². The molecule has 4 rings (SSSR count). The fourth-order valence-electron chi connectivity index (χ4n) is 3.18. The molecule has 1 saturated heterocycles. The molecule has 1 aliphatic heterocycles. The van der Waals surface area contributed by atoms with Gasteiger partial charge in [0.1, 0.15) is 10.8 Å². The van der Waals surface area contributed by atoms with Crippen molar-refractivity contribution in [3.63, 3.8) is 0 Å². The van der Waals surface area contributed by atoms with Gasteiger partial charge in [-0.3, -0.25) is 0 Å². The summed E-state index contributed by atoms with van der Waals surface area (Å²) in [7, 11) is -1.49. The third kappa shape index (κ3) is 3.19. The van der Waals surface area contributed by atoms with E-state index in [1.54, 1.807) is 11.6 Å². The van der Waals surface area contributed by atoms with Crippen LogP contribution < -0.4 is 4.74 Å². The van der Waals surface area contributed by atoms with Crippen molar-refractivity contribution in [2.24, 2.45) is 0 Å². The summed E-state index contributed by atoms with van der Waals surface area (Å²) < 4.78 is 31.8. The molecule has 26 heavy (non-hydrogen) atoms. The van der Waals surface area contributed by atoms with E-state index >= 15 is 0 Å². The Kier molecular flexibility index (Phi) is 4.41. The number of aromatic nitrogens is 4. The number of piperidine rings is 1. The van der Waals surface area contributed by atoms with E-state index in [9.17, 15) is 8.42 Å². The predicted molar refractivity (Wildman–Crippen MR) is 99.0 cm³/mol. The number of rotatable bonds is 4. The van der Waals surface area contributed by atoms with Crippen LogP contribution in [0.2, 0.25) is 0 Å². The molecule has 0 N–H and O–H groups in total. The first-order valence-corrected chi connectivity index (χ1v) is 10.9. The van der Waals surface area contributed by atoms with Gasteiger partial charge in [0.15, 0.2) is 5.82 Å². The number of fused-ring (bicyclic) bond motifs is 1. The normalized spacial score (nSPS) is 17.0. The molecule has 2 aromatic heterocycles.